The van der Waals surface area contributed by atoms with Crippen LogP contribution in [0.25, 0.3) is 11.3 Å². The first-order valence-corrected chi connectivity index (χ1v) is 8.26. The number of amides is 3. The van der Waals surface area contributed by atoms with Crippen molar-refractivity contribution < 1.29 is 23.2 Å². The zero-order chi connectivity index (χ0) is 18.8. The maximum absolute atomic E-state index is 14.2. The van der Waals surface area contributed by atoms with Gasteiger partial charge in [-0.1, -0.05) is 11.8 Å². The molecule has 3 N–H and O–H groups in total. The Morgan fingerprint density at radius 1 is 1.27 bits per heavy atom. The molecule has 1 aromatic carbocycles. The molecule has 134 valence electrons. The van der Waals surface area contributed by atoms with Gasteiger partial charge in [0.05, 0.1) is 11.9 Å². The molecule has 2 heterocycles. The molecule has 1 atom stereocenters. The maximum atomic E-state index is 14.2. The molecule has 2 aromatic rings. The first-order valence-electron chi connectivity index (χ1n) is 7.04. The van der Waals surface area contributed by atoms with Gasteiger partial charge < -0.3 is 10.6 Å². The molecule has 0 saturated heterocycles. The number of halogens is 2. The van der Waals surface area contributed by atoms with Crippen molar-refractivity contribution >= 4 is 40.3 Å². The molecule has 0 bridgehead atoms. The van der Waals surface area contributed by atoms with E-state index in [0.717, 1.165) is 23.9 Å². The van der Waals surface area contributed by atoms with E-state index in [1.807, 2.05) is 5.32 Å². The molecule has 3 rings (SSSR count). The number of hydrogen-bond donors (Lipinski definition) is 3. The SMILES string of the molecule is CSC1=NC(=O)C(C(=O)Nc2cc(F)c(-c3cn[nH]n3)cc2F)C(=O)N1. The van der Waals surface area contributed by atoms with Gasteiger partial charge in [-0.3, -0.25) is 14.4 Å². The number of nitrogens with one attached hydrogen (secondary N) is 3. The van der Waals surface area contributed by atoms with Crippen LogP contribution < -0.4 is 10.6 Å². The first kappa shape index (κ1) is 17.7. The van der Waals surface area contributed by atoms with Crippen molar-refractivity contribution in [3.63, 3.8) is 0 Å². The summed E-state index contributed by atoms with van der Waals surface area (Å²) in [5.41, 5.74) is -0.630. The molecule has 1 aromatic heterocycles. The first-order chi connectivity index (χ1) is 12.4. The second-order valence-electron chi connectivity index (χ2n) is 5.04. The van der Waals surface area contributed by atoms with Gasteiger partial charge in [-0.25, -0.2) is 8.78 Å². The Labute approximate surface area is 148 Å². The molecule has 9 nitrogen and oxygen atoms in total. The van der Waals surface area contributed by atoms with E-state index in [-0.39, 0.29) is 16.4 Å². The maximum Gasteiger partial charge on any atom is 0.270 e. The Balaban J connectivity index is 1.84. The Bertz CT molecular complexity index is 931. The van der Waals surface area contributed by atoms with Gasteiger partial charge in [-0.05, 0) is 12.3 Å². The third-order valence-corrected chi connectivity index (χ3v) is 3.99. The van der Waals surface area contributed by atoms with Gasteiger partial charge in [0, 0.05) is 11.6 Å². The molecule has 3 amide bonds. The predicted octanol–water partition coefficient (Wildman–Crippen LogP) is 0.680. The zero-order valence-corrected chi connectivity index (χ0v) is 13.9. The fourth-order valence-corrected chi connectivity index (χ4v) is 2.57. The number of rotatable bonds is 3. The molecule has 0 radical (unpaired) electrons. The van der Waals surface area contributed by atoms with Crippen LogP contribution in [0.3, 0.4) is 0 Å². The highest BCUT2D eigenvalue weighted by Crippen LogP contribution is 2.26. The number of aliphatic imine (C=N–C) groups is 1. The average molecular weight is 380 g/mol. The van der Waals surface area contributed by atoms with Crippen LogP contribution in [0.15, 0.2) is 23.3 Å². The van der Waals surface area contributed by atoms with E-state index in [4.69, 9.17) is 0 Å². The lowest BCUT2D eigenvalue weighted by molar-refractivity contribution is -0.139. The Morgan fingerprint density at radius 2 is 2.04 bits per heavy atom. The summed E-state index contributed by atoms with van der Waals surface area (Å²) in [6, 6.07) is 1.54. The van der Waals surface area contributed by atoms with Crippen LogP contribution in [0, 0.1) is 17.6 Å². The Morgan fingerprint density at radius 3 is 2.65 bits per heavy atom. The summed E-state index contributed by atoms with van der Waals surface area (Å²) in [4.78, 5) is 39.5. The summed E-state index contributed by atoms with van der Waals surface area (Å²) in [6.45, 7) is 0. The molecule has 1 aliphatic heterocycles. The third kappa shape index (κ3) is 3.31. The summed E-state index contributed by atoms with van der Waals surface area (Å²) in [5.74, 6) is -6.65. The minimum atomic E-state index is -1.79. The van der Waals surface area contributed by atoms with Crippen molar-refractivity contribution in [2.75, 3.05) is 11.6 Å². The largest absolute Gasteiger partial charge is 0.322 e. The minimum Gasteiger partial charge on any atom is -0.322 e. The smallest absolute Gasteiger partial charge is 0.270 e. The van der Waals surface area contributed by atoms with Crippen LogP contribution in [0.5, 0.6) is 0 Å². The van der Waals surface area contributed by atoms with E-state index < -0.39 is 41.0 Å². The lowest BCUT2D eigenvalue weighted by atomic mass is 10.1. The van der Waals surface area contributed by atoms with Gasteiger partial charge in [0.1, 0.15) is 17.3 Å². The number of aromatic amines is 1. The quantitative estimate of drug-likeness (QED) is 0.672. The highest BCUT2D eigenvalue weighted by atomic mass is 32.2. The summed E-state index contributed by atoms with van der Waals surface area (Å²) in [6.07, 6.45) is 2.78. The molecule has 1 aliphatic rings. The molecule has 0 fully saturated rings. The summed E-state index contributed by atoms with van der Waals surface area (Å²) in [7, 11) is 0. The van der Waals surface area contributed by atoms with Gasteiger partial charge in [0.2, 0.25) is 11.8 Å². The van der Waals surface area contributed by atoms with Crippen LogP contribution in [-0.4, -0.2) is 44.6 Å². The number of amidine groups is 1. The van der Waals surface area contributed by atoms with Crippen LogP contribution in [-0.2, 0) is 14.4 Å². The standard InChI is InChI=1S/C14H10F2N6O3S/c1-26-14-19-12(24)10(13(25)20-14)11(23)18-8-3-6(15)5(2-7(8)16)9-4-17-22-21-9/h2-4,10H,1H3,(H,18,23)(H,17,21,22)(H,19,20,24,25). The normalized spacial score (nSPS) is 16.9. The topological polar surface area (TPSA) is 129 Å². The minimum absolute atomic E-state index is 0.0539. The lowest BCUT2D eigenvalue weighted by Crippen LogP contribution is -2.48. The Kier molecular flexibility index (Phi) is 4.75. The van der Waals surface area contributed by atoms with Gasteiger partial charge in [-0.2, -0.15) is 20.4 Å². The molecule has 26 heavy (non-hydrogen) atoms. The van der Waals surface area contributed by atoms with Crippen molar-refractivity contribution in [2.24, 2.45) is 10.9 Å². The molecule has 0 aliphatic carbocycles. The summed E-state index contributed by atoms with van der Waals surface area (Å²) < 4.78 is 28.4. The van der Waals surface area contributed by atoms with Gasteiger partial charge in [-0.15, -0.1) is 0 Å². The van der Waals surface area contributed by atoms with Crippen molar-refractivity contribution in [3.8, 4) is 11.3 Å². The Hall–Kier alpha value is -3.15. The second-order valence-corrected chi connectivity index (χ2v) is 5.83. The van der Waals surface area contributed by atoms with E-state index in [1.54, 1.807) is 6.26 Å². The molecular weight excluding hydrogens is 370 g/mol. The number of carbonyl (C=O) groups excluding carboxylic acids is 3. The van der Waals surface area contributed by atoms with Crippen LogP contribution in [0.4, 0.5) is 14.5 Å². The average Bonchev–Trinajstić information content (AvgIpc) is 3.11. The van der Waals surface area contributed by atoms with Gasteiger partial charge in [0.15, 0.2) is 11.1 Å². The van der Waals surface area contributed by atoms with E-state index in [9.17, 15) is 23.2 Å². The predicted molar refractivity (Wildman–Crippen MR) is 88.0 cm³/mol. The second kappa shape index (κ2) is 7.00. The fourth-order valence-electron chi connectivity index (χ4n) is 2.19. The van der Waals surface area contributed by atoms with Crippen molar-refractivity contribution in [1.82, 2.24) is 20.7 Å². The van der Waals surface area contributed by atoms with E-state index in [1.165, 1.54) is 6.20 Å². The number of aromatic nitrogens is 3. The number of hydrogen-bond acceptors (Lipinski definition) is 6. The molecular formula is C14H10F2N6O3S. The highest BCUT2D eigenvalue weighted by molar-refractivity contribution is 8.13. The molecule has 0 saturated carbocycles. The number of carbonyl (C=O) groups is 3. The molecule has 1 unspecified atom stereocenters. The molecule has 12 heteroatoms. The van der Waals surface area contributed by atoms with Crippen molar-refractivity contribution in [1.29, 1.82) is 0 Å². The van der Waals surface area contributed by atoms with Crippen LogP contribution >= 0.6 is 11.8 Å². The number of H-pyrrole nitrogens is 1. The van der Waals surface area contributed by atoms with Crippen molar-refractivity contribution in [3.05, 3.63) is 30.0 Å². The van der Waals surface area contributed by atoms with E-state index in [2.05, 4.69) is 25.7 Å². The third-order valence-electron chi connectivity index (χ3n) is 3.41. The van der Waals surface area contributed by atoms with Crippen LogP contribution in [0.1, 0.15) is 0 Å². The zero-order valence-electron chi connectivity index (χ0n) is 13.0. The number of thioether (sulfide) groups is 1. The van der Waals surface area contributed by atoms with Gasteiger partial charge >= 0.3 is 0 Å². The van der Waals surface area contributed by atoms with E-state index in [0.29, 0.717) is 0 Å². The summed E-state index contributed by atoms with van der Waals surface area (Å²) in [5, 5.41) is 13.8. The fraction of sp³-hybridized carbons (Fsp3) is 0.143. The number of anilines is 1. The van der Waals surface area contributed by atoms with Gasteiger partial charge in [0.25, 0.3) is 5.91 Å². The monoisotopic (exact) mass is 380 g/mol. The highest BCUT2D eigenvalue weighted by Gasteiger charge is 2.38. The summed E-state index contributed by atoms with van der Waals surface area (Å²) >= 11 is 1.02. The van der Waals surface area contributed by atoms with Crippen LogP contribution in [0.2, 0.25) is 0 Å². The van der Waals surface area contributed by atoms with Crippen molar-refractivity contribution in [2.45, 2.75) is 0 Å². The lowest BCUT2D eigenvalue weighted by Gasteiger charge is -2.18. The molecule has 0 spiro atoms. The number of benzene rings is 1. The number of nitrogens with zero attached hydrogens (tertiary/aromatic N) is 3. The van der Waals surface area contributed by atoms with E-state index >= 15 is 0 Å².